The van der Waals surface area contributed by atoms with Crippen LogP contribution in [0.4, 0.5) is 0 Å². The molecule has 0 aliphatic carbocycles. The maximum absolute atomic E-state index is 11.7. The lowest BCUT2D eigenvalue weighted by Gasteiger charge is -2.00. The summed E-state index contributed by atoms with van der Waals surface area (Å²) in [5.74, 6) is 0.965. The Morgan fingerprint density at radius 3 is 2.81 bits per heavy atom. The van der Waals surface area contributed by atoms with E-state index in [0.717, 1.165) is 11.5 Å². The van der Waals surface area contributed by atoms with Gasteiger partial charge in [0, 0.05) is 16.1 Å². The van der Waals surface area contributed by atoms with Crippen molar-refractivity contribution in [1.29, 1.82) is 0 Å². The van der Waals surface area contributed by atoms with Gasteiger partial charge in [0.1, 0.15) is 5.76 Å². The molecular formula is C15H14Cl2N2O2. The molecule has 4 nitrogen and oxygen atoms in total. The Hall–Kier alpha value is -1.78. The third-order valence-corrected chi connectivity index (χ3v) is 3.44. The number of benzene rings is 1. The summed E-state index contributed by atoms with van der Waals surface area (Å²) in [6.07, 6.45) is 3.00. The lowest BCUT2D eigenvalue weighted by atomic mass is 10.2. The zero-order valence-electron chi connectivity index (χ0n) is 11.6. The molecule has 2 rings (SSSR count). The number of hydrogen-bond donors (Lipinski definition) is 1. The Morgan fingerprint density at radius 2 is 2.14 bits per heavy atom. The van der Waals surface area contributed by atoms with Gasteiger partial charge in [0.05, 0.1) is 12.2 Å². The molecule has 1 amide bonds. The molecule has 0 spiro atoms. The Labute approximate surface area is 132 Å². The maximum atomic E-state index is 11.7. The fourth-order valence-electron chi connectivity index (χ4n) is 1.64. The summed E-state index contributed by atoms with van der Waals surface area (Å²) in [7, 11) is 0. The summed E-state index contributed by atoms with van der Waals surface area (Å²) >= 11 is 11.9. The molecule has 0 aliphatic rings. The molecule has 1 aromatic carbocycles. The number of carbonyl (C=O) groups excluding carboxylic acids is 1. The molecule has 0 saturated carbocycles. The number of hydrogen-bond acceptors (Lipinski definition) is 3. The summed E-state index contributed by atoms with van der Waals surface area (Å²) in [4.78, 5) is 15.9. The second kappa shape index (κ2) is 6.78. The van der Waals surface area contributed by atoms with Crippen molar-refractivity contribution < 1.29 is 9.21 Å². The number of amides is 1. The lowest BCUT2D eigenvalue weighted by molar-refractivity contribution is -0.116. The van der Waals surface area contributed by atoms with Gasteiger partial charge >= 0.3 is 0 Å². The molecular weight excluding hydrogens is 311 g/mol. The van der Waals surface area contributed by atoms with E-state index in [-0.39, 0.29) is 12.5 Å². The van der Waals surface area contributed by atoms with Gasteiger partial charge in [-0.15, -0.1) is 0 Å². The number of aromatic nitrogens is 1. The number of nitrogens with one attached hydrogen (secondary N) is 1. The minimum atomic E-state index is -0.264. The van der Waals surface area contributed by atoms with Crippen LogP contribution in [0.2, 0.25) is 10.0 Å². The largest absolute Gasteiger partial charge is 0.444 e. The van der Waals surface area contributed by atoms with Crippen LogP contribution in [0.3, 0.4) is 0 Å². The van der Waals surface area contributed by atoms with Crippen molar-refractivity contribution in [3.05, 3.63) is 57.2 Å². The topological polar surface area (TPSA) is 55.1 Å². The summed E-state index contributed by atoms with van der Waals surface area (Å²) in [5, 5.41) is 3.78. The first-order valence-corrected chi connectivity index (χ1v) is 7.05. The average molecular weight is 325 g/mol. The summed E-state index contributed by atoms with van der Waals surface area (Å²) < 4.78 is 5.37. The van der Waals surface area contributed by atoms with Crippen molar-refractivity contribution in [1.82, 2.24) is 10.3 Å². The van der Waals surface area contributed by atoms with Crippen molar-refractivity contribution in [2.75, 3.05) is 0 Å². The van der Waals surface area contributed by atoms with Gasteiger partial charge in [-0.3, -0.25) is 4.79 Å². The smallest absolute Gasteiger partial charge is 0.244 e. The minimum Gasteiger partial charge on any atom is -0.444 e. The molecule has 0 atom stereocenters. The quantitative estimate of drug-likeness (QED) is 0.867. The van der Waals surface area contributed by atoms with E-state index in [1.165, 1.54) is 6.08 Å². The fraction of sp³-hybridized carbons (Fsp3) is 0.200. The number of halogens is 2. The Kier molecular flexibility index (Phi) is 5.04. The molecule has 0 unspecified atom stereocenters. The van der Waals surface area contributed by atoms with Crippen molar-refractivity contribution in [3.63, 3.8) is 0 Å². The molecule has 0 radical (unpaired) electrons. The zero-order valence-corrected chi connectivity index (χ0v) is 13.1. The van der Waals surface area contributed by atoms with Crippen LogP contribution in [0.5, 0.6) is 0 Å². The van der Waals surface area contributed by atoms with Crippen LogP contribution in [-0.4, -0.2) is 10.9 Å². The van der Waals surface area contributed by atoms with Gasteiger partial charge in [-0.25, -0.2) is 4.98 Å². The van der Waals surface area contributed by atoms with E-state index >= 15 is 0 Å². The molecule has 6 heteroatoms. The van der Waals surface area contributed by atoms with E-state index in [4.69, 9.17) is 27.6 Å². The zero-order chi connectivity index (χ0) is 15.4. The van der Waals surface area contributed by atoms with Gasteiger partial charge in [-0.1, -0.05) is 23.2 Å². The van der Waals surface area contributed by atoms with Crippen LogP contribution in [0.25, 0.3) is 6.08 Å². The highest BCUT2D eigenvalue weighted by Gasteiger charge is 2.06. The third kappa shape index (κ3) is 4.34. The normalized spacial score (nSPS) is 11.0. The SMILES string of the molecule is Cc1nc(CNC(=O)C=Cc2cc(Cl)ccc2Cl)oc1C. The third-order valence-electron chi connectivity index (χ3n) is 2.86. The molecule has 0 saturated heterocycles. The van der Waals surface area contributed by atoms with Crippen molar-refractivity contribution in [2.24, 2.45) is 0 Å². The first kappa shape index (κ1) is 15.6. The number of aryl methyl sites for hydroxylation is 2. The molecule has 0 aliphatic heterocycles. The lowest BCUT2D eigenvalue weighted by Crippen LogP contribution is -2.20. The molecule has 1 aromatic heterocycles. The Morgan fingerprint density at radius 1 is 1.38 bits per heavy atom. The van der Waals surface area contributed by atoms with E-state index in [1.807, 2.05) is 13.8 Å². The van der Waals surface area contributed by atoms with E-state index in [2.05, 4.69) is 10.3 Å². The molecule has 21 heavy (non-hydrogen) atoms. The fourth-order valence-corrected chi connectivity index (χ4v) is 2.01. The van der Waals surface area contributed by atoms with Crippen LogP contribution in [0.1, 0.15) is 22.9 Å². The van der Waals surface area contributed by atoms with Crippen LogP contribution in [-0.2, 0) is 11.3 Å². The monoisotopic (exact) mass is 324 g/mol. The second-order valence-corrected chi connectivity index (χ2v) is 5.31. The minimum absolute atomic E-state index is 0.237. The molecule has 0 bridgehead atoms. The molecule has 2 aromatic rings. The van der Waals surface area contributed by atoms with Crippen LogP contribution in [0, 0.1) is 13.8 Å². The van der Waals surface area contributed by atoms with Gasteiger partial charge in [0.25, 0.3) is 0 Å². The van der Waals surface area contributed by atoms with Crippen molar-refractivity contribution in [3.8, 4) is 0 Å². The van der Waals surface area contributed by atoms with Gasteiger partial charge < -0.3 is 9.73 Å². The van der Waals surface area contributed by atoms with Crippen LogP contribution in [0.15, 0.2) is 28.7 Å². The van der Waals surface area contributed by atoms with Gasteiger partial charge in [-0.05, 0) is 43.7 Å². The van der Waals surface area contributed by atoms with Gasteiger partial charge in [0.2, 0.25) is 11.8 Å². The first-order chi connectivity index (χ1) is 9.95. The number of rotatable bonds is 4. The number of nitrogens with zero attached hydrogens (tertiary/aromatic N) is 1. The highest BCUT2D eigenvalue weighted by atomic mass is 35.5. The molecule has 1 heterocycles. The maximum Gasteiger partial charge on any atom is 0.244 e. The predicted octanol–water partition coefficient (Wildman–Crippen LogP) is 3.93. The van der Waals surface area contributed by atoms with Crippen molar-refractivity contribution >= 4 is 35.2 Å². The van der Waals surface area contributed by atoms with Crippen LogP contribution >= 0.6 is 23.2 Å². The van der Waals surface area contributed by atoms with Gasteiger partial charge in [0.15, 0.2) is 0 Å². The van der Waals surface area contributed by atoms with Gasteiger partial charge in [-0.2, -0.15) is 0 Å². The van der Waals surface area contributed by atoms with E-state index < -0.39 is 0 Å². The molecule has 110 valence electrons. The number of carbonyl (C=O) groups is 1. The average Bonchev–Trinajstić information content (AvgIpc) is 2.76. The van der Waals surface area contributed by atoms with Crippen molar-refractivity contribution in [2.45, 2.75) is 20.4 Å². The first-order valence-electron chi connectivity index (χ1n) is 6.29. The van der Waals surface area contributed by atoms with E-state index in [9.17, 15) is 4.79 Å². The molecule has 0 fully saturated rings. The van der Waals surface area contributed by atoms with Crippen LogP contribution < -0.4 is 5.32 Å². The standard InChI is InChI=1S/C15H14Cl2N2O2/c1-9-10(2)21-15(19-9)8-18-14(20)6-3-11-7-12(16)4-5-13(11)17/h3-7H,8H2,1-2H3,(H,18,20). The summed E-state index contributed by atoms with van der Waals surface area (Å²) in [5.41, 5.74) is 1.50. The molecule has 1 N–H and O–H groups in total. The second-order valence-electron chi connectivity index (χ2n) is 4.47. The summed E-state index contributed by atoms with van der Waals surface area (Å²) in [6.45, 7) is 3.92. The highest BCUT2D eigenvalue weighted by Crippen LogP contribution is 2.21. The van der Waals surface area contributed by atoms with E-state index in [1.54, 1.807) is 24.3 Å². The predicted molar refractivity (Wildman–Crippen MR) is 83.3 cm³/mol. The highest BCUT2D eigenvalue weighted by molar-refractivity contribution is 6.34. The number of oxazole rings is 1. The Balaban J connectivity index is 1.95. The van der Waals surface area contributed by atoms with E-state index in [0.29, 0.717) is 21.5 Å². The Bertz CT molecular complexity index is 673. The summed E-state index contributed by atoms with van der Waals surface area (Å²) in [6, 6.07) is 5.06.